The van der Waals surface area contributed by atoms with Crippen LogP contribution in [0.5, 0.6) is 0 Å². The van der Waals surface area contributed by atoms with Crippen molar-refractivity contribution in [2.45, 2.75) is 51.1 Å². The Morgan fingerprint density at radius 3 is 2.67 bits per heavy atom. The number of halogens is 1. The van der Waals surface area contributed by atoms with E-state index < -0.39 is 0 Å². The summed E-state index contributed by atoms with van der Waals surface area (Å²) in [6.07, 6.45) is 6.95. The van der Waals surface area contributed by atoms with Crippen LogP contribution >= 0.6 is 27.3 Å². The molecule has 1 atom stereocenters. The minimum Gasteiger partial charge on any atom is -0.307 e. The highest BCUT2D eigenvalue weighted by molar-refractivity contribution is 9.11. The lowest BCUT2D eigenvalue weighted by molar-refractivity contribution is 0.348. The van der Waals surface area contributed by atoms with Gasteiger partial charge in [-0.15, -0.1) is 11.3 Å². The van der Waals surface area contributed by atoms with E-state index in [1.165, 1.54) is 40.8 Å². The van der Waals surface area contributed by atoms with Crippen molar-refractivity contribution >= 4 is 27.3 Å². The Hall–Kier alpha value is 0.140. The molecular weight excluding hydrogens is 270 g/mol. The third kappa shape index (κ3) is 3.30. The molecule has 3 heteroatoms. The first-order valence-electron chi connectivity index (χ1n) is 5.77. The van der Waals surface area contributed by atoms with Crippen molar-refractivity contribution in [3.8, 4) is 0 Å². The highest BCUT2D eigenvalue weighted by Gasteiger charge is 2.16. The number of rotatable bonds is 3. The minimum absolute atomic E-state index is 0.504. The largest absolute Gasteiger partial charge is 0.307 e. The van der Waals surface area contributed by atoms with Crippen LogP contribution in [0.1, 0.15) is 49.9 Å². The summed E-state index contributed by atoms with van der Waals surface area (Å²) in [5.41, 5.74) is 0. The van der Waals surface area contributed by atoms with Crippen molar-refractivity contribution in [1.29, 1.82) is 0 Å². The molecule has 1 aliphatic carbocycles. The smallest absolute Gasteiger partial charge is 0.0701 e. The van der Waals surface area contributed by atoms with Gasteiger partial charge in [-0.2, -0.15) is 0 Å². The molecule has 1 N–H and O–H groups in total. The van der Waals surface area contributed by atoms with Crippen LogP contribution in [0, 0.1) is 0 Å². The van der Waals surface area contributed by atoms with Crippen molar-refractivity contribution in [3.63, 3.8) is 0 Å². The Labute approximate surface area is 104 Å². The zero-order valence-corrected chi connectivity index (χ0v) is 11.5. The van der Waals surface area contributed by atoms with E-state index in [2.05, 4.69) is 40.3 Å². The van der Waals surface area contributed by atoms with Gasteiger partial charge in [-0.05, 0) is 47.8 Å². The maximum atomic E-state index is 3.74. The lowest BCUT2D eigenvalue weighted by atomic mass is 9.95. The van der Waals surface area contributed by atoms with E-state index in [0.29, 0.717) is 6.04 Å². The predicted molar refractivity (Wildman–Crippen MR) is 70.4 cm³/mol. The van der Waals surface area contributed by atoms with E-state index in [0.717, 1.165) is 6.04 Å². The second-order valence-electron chi connectivity index (χ2n) is 4.37. The van der Waals surface area contributed by atoms with Crippen LogP contribution in [0.15, 0.2) is 15.9 Å². The van der Waals surface area contributed by atoms with Gasteiger partial charge in [0, 0.05) is 17.0 Å². The quantitative estimate of drug-likeness (QED) is 0.864. The van der Waals surface area contributed by atoms with Gasteiger partial charge in [0.15, 0.2) is 0 Å². The van der Waals surface area contributed by atoms with Crippen LogP contribution in [0.25, 0.3) is 0 Å². The van der Waals surface area contributed by atoms with Crippen LogP contribution in [0.2, 0.25) is 0 Å². The van der Waals surface area contributed by atoms with E-state index in [1.807, 2.05) is 11.3 Å². The summed E-state index contributed by atoms with van der Waals surface area (Å²) in [5.74, 6) is 0. The molecule has 1 aromatic heterocycles. The first-order chi connectivity index (χ1) is 7.25. The molecule has 84 valence electrons. The van der Waals surface area contributed by atoms with Gasteiger partial charge in [-0.3, -0.25) is 0 Å². The van der Waals surface area contributed by atoms with Crippen molar-refractivity contribution in [3.05, 3.63) is 20.8 Å². The Balaban J connectivity index is 1.88. The fraction of sp³-hybridized carbons (Fsp3) is 0.667. The third-order valence-corrected chi connectivity index (χ3v) is 4.92. The summed E-state index contributed by atoms with van der Waals surface area (Å²) in [5, 5.41) is 3.74. The van der Waals surface area contributed by atoms with Crippen LogP contribution in [-0.2, 0) is 0 Å². The SMILES string of the molecule is CC(NC1CCCCC1)c1ccc(Br)s1. The monoisotopic (exact) mass is 287 g/mol. The molecule has 1 aromatic rings. The van der Waals surface area contributed by atoms with Crippen LogP contribution in [-0.4, -0.2) is 6.04 Å². The normalized spacial score (nSPS) is 20.4. The highest BCUT2D eigenvalue weighted by Crippen LogP contribution is 2.28. The molecule has 0 spiro atoms. The second-order valence-corrected chi connectivity index (χ2v) is 6.86. The van der Waals surface area contributed by atoms with Crippen LogP contribution in [0.3, 0.4) is 0 Å². The molecule has 0 saturated heterocycles. The van der Waals surface area contributed by atoms with Crippen molar-refractivity contribution in [1.82, 2.24) is 5.32 Å². The number of thiophene rings is 1. The van der Waals surface area contributed by atoms with Gasteiger partial charge in [0.25, 0.3) is 0 Å². The summed E-state index contributed by atoms with van der Waals surface area (Å²) in [6.45, 7) is 2.27. The maximum Gasteiger partial charge on any atom is 0.0701 e. The van der Waals surface area contributed by atoms with E-state index in [9.17, 15) is 0 Å². The summed E-state index contributed by atoms with van der Waals surface area (Å²) >= 11 is 5.35. The summed E-state index contributed by atoms with van der Waals surface area (Å²) in [4.78, 5) is 1.44. The van der Waals surface area contributed by atoms with Gasteiger partial charge < -0.3 is 5.32 Å². The molecule has 1 aliphatic rings. The van der Waals surface area contributed by atoms with E-state index in [4.69, 9.17) is 0 Å². The van der Waals surface area contributed by atoms with Crippen molar-refractivity contribution in [2.24, 2.45) is 0 Å². The zero-order valence-electron chi connectivity index (χ0n) is 9.13. The molecule has 2 rings (SSSR count). The minimum atomic E-state index is 0.504. The summed E-state index contributed by atoms with van der Waals surface area (Å²) < 4.78 is 1.23. The van der Waals surface area contributed by atoms with Gasteiger partial charge >= 0.3 is 0 Å². The van der Waals surface area contributed by atoms with Gasteiger partial charge in [-0.1, -0.05) is 19.3 Å². The first-order valence-corrected chi connectivity index (χ1v) is 7.38. The Morgan fingerprint density at radius 2 is 2.07 bits per heavy atom. The molecule has 1 saturated carbocycles. The van der Waals surface area contributed by atoms with E-state index >= 15 is 0 Å². The number of hydrogen-bond donors (Lipinski definition) is 1. The zero-order chi connectivity index (χ0) is 10.7. The van der Waals surface area contributed by atoms with Crippen molar-refractivity contribution in [2.75, 3.05) is 0 Å². The van der Waals surface area contributed by atoms with Crippen LogP contribution in [0.4, 0.5) is 0 Å². The highest BCUT2D eigenvalue weighted by atomic mass is 79.9. The van der Waals surface area contributed by atoms with E-state index in [-0.39, 0.29) is 0 Å². The summed E-state index contributed by atoms with van der Waals surface area (Å²) in [7, 11) is 0. The lowest BCUT2D eigenvalue weighted by Gasteiger charge is -2.26. The van der Waals surface area contributed by atoms with Crippen LogP contribution < -0.4 is 5.32 Å². The van der Waals surface area contributed by atoms with Gasteiger partial charge in [0.2, 0.25) is 0 Å². The molecule has 1 unspecified atom stereocenters. The summed E-state index contributed by atoms with van der Waals surface area (Å²) in [6, 6.07) is 5.60. The molecule has 1 fully saturated rings. The molecule has 0 amide bonds. The molecule has 0 aliphatic heterocycles. The molecule has 0 bridgehead atoms. The molecule has 0 aromatic carbocycles. The molecule has 15 heavy (non-hydrogen) atoms. The van der Waals surface area contributed by atoms with Gasteiger partial charge in [-0.25, -0.2) is 0 Å². The fourth-order valence-electron chi connectivity index (χ4n) is 2.27. The molecule has 1 nitrogen and oxygen atoms in total. The molecule has 0 radical (unpaired) electrons. The average molecular weight is 288 g/mol. The van der Waals surface area contributed by atoms with Gasteiger partial charge in [0.05, 0.1) is 3.79 Å². The average Bonchev–Trinajstić information content (AvgIpc) is 2.66. The van der Waals surface area contributed by atoms with Crippen molar-refractivity contribution < 1.29 is 0 Å². The standard InChI is InChI=1S/C12H18BrNS/c1-9(11-7-8-12(13)15-11)14-10-5-3-2-4-6-10/h7-10,14H,2-6H2,1H3. The maximum absolute atomic E-state index is 3.74. The number of hydrogen-bond acceptors (Lipinski definition) is 2. The topological polar surface area (TPSA) is 12.0 Å². The first kappa shape index (κ1) is 11.6. The predicted octanol–water partition coefficient (Wildman–Crippen LogP) is 4.49. The third-order valence-electron chi connectivity index (χ3n) is 3.11. The Bertz CT molecular complexity index is 304. The Morgan fingerprint density at radius 1 is 1.33 bits per heavy atom. The Kier molecular flexibility index (Phi) is 4.23. The molecule has 1 heterocycles. The fourth-order valence-corrected chi connectivity index (χ4v) is 3.70. The van der Waals surface area contributed by atoms with E-state index in [1.54, 1.807) is 0 Å². The second kappa shape index (κ2) is 5.46. The molecular formula is C12H18BrNS. The number of nitrogens with one attached hydrogen (secondary N) is 1. The lowest BCUT2D eigenvalue weighted by Crippen LogP contribution is -2.32. The van der Waals surface area contributed by atoms with Gasteiger partial charge in [0.1, 0.15) is 0 Å².